The second-order valence-corrected chi connectivity index (χ2v) is 5.40. The highest BCUT2D eigenvalue weighted by Gasteiger charge is 2.24. The van der Waals surface area contributed by atoms with E-state index >= 15 is 0 Å². The van der Waals surface area contributed by atoms with Crippen molar-refractivity contribution < 1.29 is 13.2 Å². The molecule has 0 saturated carbocycles. The highest BCUT2D eigenvalue weighted by atomic mass is 79.9. The summed E-state index contributed by atoms with van der Waals surface area (Å²) in [7, 11) is 0. The van der Waals surface area contributed by atoms with Crippen molar-refractivity contribution in [2.75, 3.05) is 6.26 Å². The molecule has 0 aliphatic carbocycles. The van der Waals surface area contributed by atoms with Crippen LogP contribution in [0.2, 0.25) is 0 Å². The summed E-state index contributed by atoms with van der Waals surface area (Å²) < 4.78 is 41.1. The molecule has 1 heterocycles. The van der Waals surface area contributed by atoms with Crippen LogP contribution >= 0.6 is 27.7 Å². The van der Waals surface area contributed by atoms with Crippen LogP contribution in [0.15, 0.2) is 20.5 Å². The van der Waals surface area contributed by atoms with Crippen molar-refractivity contribution in [2.24, 2.45) is 0 Å². The quantitative estimate of drug-likeness (QED) is 0.378. The van der Waals surface area contributed by atoms with Crippen LogP contribution in [-0.4, -0.2) is 16.2 Å². The Labute approximate surface area is 129 Å². The molecular formula is C12H5BrF3N3OS. The summed E-state index contributed by atoms with van der Waals surface area (Å²) in [6.45, 7) is 0. The molecule has 1 aromatic carbocycles. The Morgan fingerprint density at radius 3 is 2.62 bits per heavy atom. The Bertz CT molecular complexity index is 832. The zero-order valence-corrected chi connectivity index (χ0v) is 12.7. The standard InChI is InChI=1S/C12H5BrF3N3OS/c1-21-12-18-10(4(3-17)11(20)19-12)7-6(14)2-5(13)8(15)9(7)16/h2H,1H3,(H,18,19,20). The lowest BCUT2D eigenvalue weighted by molar-refractivity contribution is 0.493. The van der Waals surface area contributed by atoms with Crippen molar-refractivity contribution in [2.45, 2.75) is 5.16 Å². The maximum Gasteiger partial charge on any atom is 0.270 e. The molecule has 0 unspecified atom stereocenters. The van der Waals surface area contributed by atoms with Gasteiger partial charge in [-0.15, -0.1) is 0 Å². The molecule has 2 aromatic rings. The second-order valence-electron chi connectivity index (χ2n) is 3.75. The first-order chi connectivity index (χ1) is 9.90. The van der Waals surface area contributed by atoms with Crippen molar-refractivity contribution >= 4 is 27.7 Å². The minimum atomic E-state index is -1.52. The summed E-state index contributed by atoms with van der Waals surface area (Å²) >= 11 is 3.68. The SMILES string of the molecule is CSc1nc(-c2c(F)cc(Br)c(F)c2F)c(C#N)c(=O)[nH]1. The smallest absolute Gasteiger partial charge is 0.270 e. The first-order valence-corrected chi connectivity index (χ1v) is 7.34. The summed E-state index contributed by atoms with van der Waals surface area (Å²) in [6.07, 6.45) is 1.57. The predicted octanol–water partition coefficient (Wildman–Crippen LogP) is 3.21. The molecular weight excluding hydrogens is 371 g/mol. The van der Waals surface area contributed by atoms with Crippen molar-refractivity contribution in [3.05, 3.63) is 43.9 Å². The number of halogens is 4. The molecule has 0 aliphatic heterocycles. The minimum absolute atomic E-state index is 0.0520. The zero-order chi connectivity index (χ0) is 15.7. The topological polar surface area (TPSA) is 69.5 Å². The molecule has 108 valence electrons. The summed E-state index contributed by atoms with van der Waals surface area (Å²) in [5.74, 6) is -3.99. The highest BCUT2D eigenvalue weighted by Crippen LogP contribution is 2.32. The van der Waals surface area contributed by atoms with E-state index in [1.807, 2.05) is 0 Å². The van der Waals surface area contributed by atoms with E-state index in [1.165, 1.54) is 6.07 Å². The summed E-state index contributed by atoms with van der Waals surface area (Å²) in [4.78, 5) is 17.8. The van der Waals surface area contributed by atoms with Gasteiger partial charge in [-0.05, 0) is 28.3 Å². The third-order valence-corrected chi connectivity index (χ3v) is 3.71. The molecule has 0 atom stereocenters. The maximum atomic E-state index is 14.0. The minimum Gasteiger partial charge on any atom is -0.300 e. The Morgan fingerprint density at radius 1 is 1.38 bits per heavy atom. The predicted molar refractivity (Wildman–Crippen MR) is 74.4 cm³/mol. The Balaban J connectivity index is 2.92. The number of hydrogen-bond donors (Lipinski definition) is 1. The molecule has 0 radical (unpaired) electrons. The fraction of sp³-hybridized carbons (Fsp3) is 0.0833. The lowest BCUT2D eigenvalue weighted by Gasteiger charge is -2.09. The van der Waals surface area contributed by atoms with Crippen LogP contribution in [0.4, 0.5) is 13.2 Å². The average Bonchev–Trinajstić information content (AvgIpc) is 2.44. The number of rotatable bonds is 2. The number of thioether (sulfide) groups is 1. The van der Waals surface area contributed by atoms with Gasteiger partial charge in [-0.25, -0.2) is 18.2 Å². The summed E-state index contributed by atoms with van der Waals surface area (Å²) in [5.41, 5.74) is -2.83. The molecule has 0 spiro atoms. The maximum absolute atomic E-state index is 14.0. The van der Waals surface area contributed by atoms with Crippen LogP contribution in [0.5, 0.6) is 0 Å². The summed E-state index contributed by atoms with van der Waals surface area (Å²) in [5, 5.41) is 9.02. The Morgan fingerprint density at radius 2 is 2.05 bits per heavy atom. The van der Waals surface area contributed by atoms with E-state index in [9.17, 15) is 18.0 Å². The highest BCUT2D eigenvalue weighted by molar-refractivity contribution is 9.10. The van der Waals surface area contributed by atoms with Crippen LogP contribution < -0.4 is 5.56 Å². The van der Waals surface area contributed by atoms with Gasteiger partial charge in [-0.1, -0.05) is 11.8 Å². The van der Waals surface area contributed by atoms with Crippen molar-refractivity contribution in [1.29, 1.82) is 5.26 Å². The number of aromatic amines is 1. The normalized spacial score (nSPS) is 10.5. The molecule has 2 rings (SSSR count). The van der Waals surface area contributed by atoms with Gasteiger partial charge in [0.25, 0.3) is 5.56 Å². The lowest BCUT2D eigenvalue weighted by Crippen LogP contribution is -2.15. The first-order valence-electron chi connectivity index (χ1n) is 5.32. The number of nitriles is 1. The van der Waals surface area contributed by atoms with Crippen LogP contribution in [0.25, 0.3) is 11.3 Å². The second kappa shape index (κ2) is 5.91. The number of aromatic nitrogens is 2. The van der Waals surface area contributed by atoms with Gasteiger partial charge in [-0.3, -0.25) is 4.79 Å². The van der Waals surface area contributed by atoms with E-state index in [0.29, 0.717) is 6.07 Å². The van der Waals surface area contributed by atoms with E-state index in [4.69, 9.17) is 5.26 Å². The molecule has 21 heavy (non-hydrogen) atoms. The number of hydrogen-bond acceptors (Lipinski definition) is 4. The van der Waals surface area contributed by atoms with Gasteiger partial charge in [0, 0.05) is 0 Å². The van der Waals surface area contributed by atoms with E-state index < -0.39 is 44.3 Å². The van der Waals surface area contributed by atoms with Crippen LogP contribution in [-0.2, 0) is 0 Å². The molecule has 0 fully saturated rings. The lowest BCUT2D eigenvalue weighted by atomic mass is 10.1. The number of nitrogens with zero attached hydrogens (tertiary/aromatic N) is 2. The van der Waals surface area contributed by atoms with Gasteiger partial charge < -0.3 is 4.98 Å². The third kappa shape index (κ3) is 2.69. The third-order valence-electron chi connectivity index (χ3n) is 2.55. The van der Waals surface area contributed by atoms with E-state index in [-0.39, 0.29) is 5.16 Å². The van der Waals surface area contributed by atoms with Gasteiger partial charge >= 0.3 is 0 Å². The van der Waals surface area contributed by atoms with Gasteiger partial charge in [0.2, 0.25) is 0 Å². The fourth-order valence-corrected chi connectivity index (χ4v) is 2.37. The largest absolute Gasteiger partial charge is 0.300 e. The number of benzene rings is 1. The van der Waals surface area contributed by atoms with Gasteiger partial charge in [0.05, 0.1) is 10.0 Å². The molecule has 9 heteroatoms. The Hall–Kier alpha value is -1.79. The van der Waals surface area contributed by atoms with Crippen molar-refractivity contribution in [1.82, 2.24) is 9.97 Å². The molecule has 1 aromatic heterocycles. The van der Waals surface area contributed by atoms with Gasteiger partial charge in [-0.2, -0.15) is 5.26 Å². The molecule has 0 amide bonds. The molecule has 4 nitrogen and oxygen atoms in total. The Kier molecular flexibility index (Phi) is 4.39. The number of H-pyrrole nitrogens is 1. The van der Waals surface area contributed by atoms with E-state index in [0.717, 1.165) is 11.8 Å². The van der Waals surface area contributed by atoms with E-state index in [2.05, 4.69) is 25.9 Å². The van der Waals surface area contributed by atoms with Gasteiger partial charge in [0.1, 0.15) is 23.1 Å². The fourth-order valence-electron chi connectivity index (χ4n) is 1.62. The van der Waals surface area contributed by atoms with E-state index in [1.54, 1.807) is 6.26 Å². The monoisotopic (exact) mass is 375 g/mol. The van der Waals surface area contributed by atoms with Crippen molar-refractivity contribution in [3.8, 4) is 17.3 Å². The van der Waals surface area contributed by atoms with Crippen molar-refractivity contribution in [3.63, 3.8) is 0 Å². The molecule has 0 aliphatic rings. The van der Waals surface area contributed by atoms with Crippen LogP contribution in [0, 0.1) is 28.8 Å². The van der Waals surface area contributed by atoms with Crippen LogP contribution in [0.3, 0.4) is 0 Å². The molecule has 1 N–H and O–H groups in total. The van der Waals surface area contributed by atoms with Crippen LogP contribution in [0.1, 0.15) is 5.56 Å². The number of nitrogens with one attached hydrogen (secondary N) is 1. The average molecular weight is 376 g/mol. The van der Waals surface area contributed by atoms with Gasteiger partial charge in [0.15, 0.2) is 16.8 Å². The molecule has 0 saturated heterocycles. The first kappa shape index (κ1) is 15.6. The molecule has 0 bridgehead atoms. The summed E-state index contributed by atoms with van der Waals surface area (Å²) in [6, 6.07) is 2.22. The zero-order valence-electron chi connectivity index (χ0n) is 10.3.